The molecule has 0 aliphatic carbocycles. The van der Waals surface area contributed by atoms with Crippen molar-refractivity contribution < 1.29 is 4.74 Å². The number of ether oxygens (including phenoxy) is 1. The molecular formula is C17H19Br2NO. The first-order chi connectivity index (χ1) is 10.1. The summed E-state index contributed by atoms with van der Waals surface area (Å²) in [6.45, 7) is 5.10. The summed E-state index contributed by atoms with van der Waals surface area (Å²) in [6.07, 6.45) is 0. The van der Waals surface area contributed by atoms with Crippen LogP contribution in [0.4, 0.5) is 0 Å². The largest absolute Gasteiger partial charge is 0.496 e. The number of aryl methyl sites for hydroxylation is 1. The van der Waals surface area contributed by atoms with Crippen molar-refractivity contribution in [2.24, 2.45) is 0 Å². The molecule has 0 saturated heterocycles. The smallest absolute Gasteiger partial charge is 0.124 e. The molecule has 0 spiro atoms. The molecule has 4 heteroatoms. The van der Waals surface area contributed by atoms with Crippen molar-refractivity contribution in [3.63, 3.8) is 0 Å². The second-order valence-electron chi connectivity index (χ2n) is 4.90. The quantitative estimate of drug-likeness (QED) is 0.725. The van der Waals surface area contributed by atoms with E-state index in [1.165, 1.54) is 11.1 Å². The number of rotatable bonds is 5. The van der Waals surface area contributed by atoms with Crippen LogP contribution in [0.1, 0.15) is 29.7 Å². The fraction of sp³-hybridized carbons (Fsp3) is 0.294. The maximum Gasteiger partial charge on any atom is 0.124 e. The summed E-state index contributed by atoms with van der Waals surface area (Å²) in [7, 11) is 1.71. The van der Waals surface area contributed by atoms with E-state index in [0.29, 0.717) is 0 Å². The fourth-order valence-corrected chi connectivity index (χ4v) is 3.26. The Bertz CT molecular complexity index is 628. The lowest BCUT2D eigenvalue weighted by Gasteiger charge is -2.23. The minimum absolute atomic E-state index is 0.0803. The van der Waals surface area contributed by atoms with Crippen molar-refractivity contribution >= 4 is 31.9 Å². The van der Waals surface area contributed by atoms with Crippen LogP contribution in [0.5, 0.6) is 5.75 Å². The number of benzene rings is 2. The Balaban J connectivity index is 2.58. The Morgan fingerprint density at radius 3 is 2.52 bits per heavy atom. The van der Waals surface area contributed by atoms with Gasteiger partial charge in [-0.1, -0.05) is 56.5 Å². The third-order valence-electron chi connectivity index (χ3n) is 3.37. The van der Waals surface area contributed by atoms with E-state index in [2.05, 4.69) is 75.3 Å². The maximum absolute atomic E-state index is 5.54. The summed E-state index contributed by atoms with van der Waals surface area (Å²) in [6, 6.07) is 12.6. The van der Waals surface area contributed by atoms with E-state index in [4.69, 9.17) is 4.74 Å². The molecule has 0 saturated carbocycles. The molecule has 1 unspecified atom stereocenters. The zero-order valence-corrected chi connectivity index (χ0v) is 15.6. The summed E-state index contributed by atoms with van der Waals surface area (Å²) < 4.78 is 7.69. The lowest BCUT2D eigenvalue weighted by atomic mass is 9.96. The van der Waals surface area contributed by atoms with Crippen molar-refractivity contribution in [2.75, 3.05) is 13.7 Å². The van der Waals surface area contributed by atoms with Crippen LogP contribution in [0.3, 0.4) is 0 Å². The molecule has 112 valence electrons. The number of methoxy groups -OCH3 is 1. The van der Waals surface area contributed by atoms with Gasteiger partial charge in [0.05, 0.1) is 13.2 Å². The van der Waals surface area contributed by atoms with E-state index >= 15 is 0 Å². The van der Waals surface area contributed by atoms with Crippen molar-refractivity contribution in [2.45, 2.75) is 19.9 Å². The Labute approximate surface area is 143 Å². The molecule has 0 radical (unpaired) electrons. The van der Waals surface area contributed by atoms with Crippen LogP contribution >= 0.6 is 31.9 Å². The SMILES string of the molecule is CCNC(c1cc(C)ccc1Br)c1cc(Br)ccc1OC. The second kappa shape index (κ2) is 7.43. The standard InChI is InChI=1S/C17H19Br2NO/c1-4-20-17(13-9-11(2)5-7-15(13)19)14-10-12(18)6-8-16(14)21-3/h5-10,17,20H,4H2,1-3H3. The topological polar surface area (TPSA) is 21.3 Å². The first kappa shape index (κ1) is 16.5. The van der Waals surface area contributed by atoms with Gasteiger partial charge in [0.2, 0.25) is 0 Å². The van der Waals surface area contributed by atoms with Crippen molar-refractivity contribution in [3.05, 3.63) is 62.0 Å². The second-order valence-corrected chi connectivity index (χ2v) is 6.67. The summed E-state index contributed by atoms with van der Waals surface area (Å²) in [5.41, 5.74) is 3.58. The fourth-order valence-electron chi connectivity index (χ4n) is 2.41. The number of hydrogen-bond donors (Lipinski definition) is 1. The van der Waals surface area contributed by atoms with Gasteiger partial charge in [0.25, 0.3) is 0 Å². The lowest BCUT2D eigenvalue weighted by molar-refractivity contribution is 0.404. The highest BCUT2D eigenvalue weighted by Gasteiger charge is 2.20. The zero-order chi connectivity index (χ0) is 15.4. The van der Waals surface area contributed by atoms with Gasteiger partial charge in [0, 0.05) is 14.5 Å². The van der Waals surface area contributed by atoms with Gasteiger partial charge in [-0.05, 0) is 43.3 Å². The van der Waals surface area contributed by atoms with Crippen molar-refractivity contribution in [1.82, 2.24) is 5.32 Å². The molecular weight excluding hydrogens is 394 g/mol. The minimum Gasteiger partial charge on any atom is -0.496 e. The summed E-state index contributed by atoms with van der Waals surface area (Å²) >= 11 is 7.23. The van der Waals surface area contributed by atoms with E-state index < -0.39 is 0 Å². The van der Waals surface area contributed by atoms with E-state index in [1.54, 1.807) is 7.11 Å². The number of halogens is 2. The normalized spacial score (nSPS) is 12.2. The van der Waals surface area contributed by atoms with Crippen LogP contribution in [0.25, 0.3) is 0 Å². The van der Waals surface area contributed by atoms with Crippen LogP contribution in [0.15, 0.2) is 45.3 Å². The predicted molar refractivity (Wildman–Crippen MR) is 95.1 cm³/mol. The Kier molecular flexibility index (Phi) is 5.85. The van der Waals surface area contributed by atoms with Gasteiger partial charge in [-0.15, -0.1) is 0 Å². The molecule has 0 aliphatic heterocycles. The van der Waals surface area contributed by atoms with Gasteiger partial charge in [0.1, 0.15) is 5.75 Å². The van der Waals surface area contributed by atoms with Gasteiger partial charge < -0.3 is 10.1 Å². The Morgan fingerprint density at radius 1 is 1.10 bits per heavy atom. The first-order valence-electron chi connectivity index (χ1n) is 6.89. The molecule has 0 heterocycles. The average molecular weight is 413 g/mol. The van der Waals surface area contributed by atoms with E-state index in [1.807, 2.05) is 12.1 Å². The highest BCUT2D eigenvalue weighted by molar-refractivity contribution is 9.10. The third kappa shape index (κ3) is 3.87. The van der Waals surface area contributed by atoms with E-state index in [0.717, 1.165) is 26.8 Å². The van der Waals surface area contributed by atoms with Crippen LogP contribution < -0.4 is 10.1 Å². The number of hydrogen-bond acceptors (Lipinski definition) is 2. The molecule has 0 aliphatic rings. The molecule has 2 aromatic carbocycles. The van der Waals surface area contributed by atoms with Crippen LogP contribution in [0.2, 0.25) is 0 Å². The van der Waals surface area contributed by atoms with Gasteiger partial charge in [0.15, 0.2) is 0 Å². The maximum atomic E-state index is 5.54. The molecule has 21 heavy (non-hydrogen) atoms. The molecule has 1 atom stereocenters. The molecule has 0 fully saturated rings. The summed E-state index contributed by atoms with van der Waals surface area (Å²) in [5.74, 6) is 0.887. The highest BCUT2D eigenvalue weighted by Crippen LogP contribution is 2.35. The summed E-state index contributed by atoms with van der Waals surface area (Å²) in [4.78, 5) is 0. The monoisotopic (exact) mass is 411 g/mol. The minimum atomic E-state index is 0.0803. The highest BCUT2D eigenvalue weighted by atomic mass is 79.9. The molecule has 2 rings (SSSR count). The van der Waals surface area contributed by atoms with Crippen LogP contribution in [-0.2, 0) is 0 Å². The van der Waals surface area contributed by atoms with E-state index in [9.17, 15) is 0 Å². The molecule has 2 nitrogen and oxygen atoms in total. The van der Waals surface area contributed by atoms with Gasteiger partial charge in [-0.25, -0.2) is 0 Å². The predicted octanol–water partition coefficient (Wildman–Crippen LogP) is 5.23. The van der Waals surface area contributed by atoms with Gasteiger partial charge in [-0.3, -0.25) is 0 Å². The third-order valence-corrected chi connectivity index (χ3v) is 4.59. The van der Waals surface area contributed by atoms with Crippen LogP contribution in [-0.4, -0.2) is 13.7 Å². The van der Waals surface area contributed by atoms with Crippen molar-refractivity contribution in [3.8, 4) is 5.75 Å². The van der Waals surface area contributed by atoms with Crippen molar-refractivity contribution in [1.29, 1.82) is 0 Å². The summed E-state index contributed by atoms with van der Waals surface area (Å²) in [5, 5.41) is 3.55. The molecule has 0 amide bonds. The molecule has 2 aromatic rings. The average Bonchev–Trinajstić information content (AvgIpc) is 2.47. The van der Waals surface area contributed by atoms with Gasteiger partial charge in [-0.2, -0.15) is 0 Å². The zero-order valence-electron chi connectivity index (χ0n) is 12.4. The first-order valence-corrected chi connectivity index (χ1v) is 8.48. The molecule has 0 bridgehead atoms. The Morgan fingerprint density at radius 2 is 1.86 bits per heavy atom. The Hall–Kier alpha value is -0.840. The van der Waals surface area contributed by atoms with Gasteiger partial charge >= 0.3 is 0 Å². The lowest BCUT2D eigenvalue weighted by Crippen LogP contribution is -2.23. The van der Waals surface area contributed by atoms with Crippen LogP contribution in [0, 0.1) is 6.92 Å². The molecule has 1 N–H and O–H groups in total. The molecule has 0 aromatic heterocycles. The number of nitrogens with one attached hydrogen (secondary N) is 1. The van der Waals surface area contributed by atoms with E-state index in [-0.39, 0.29) is 6.04 Å².